The summed E-state index contributed by atoms with van der Waals surface area (Å²) in [6.07, 6.45) is 6.02. The molecule has 1 unspecified atom stereocenters. The molecular weight excluding hydrogens is 423 g/mol. The van der Waals surface area contributed by atoms with Crippen molar-refractivity contribution < 1.29 is 0 Å². The van der Waals surface area contributed by atoms with Crippen molar-refractivity contribution in [2.24, 2.45) is 0 Å². The normalized spacial score (nSPS) is 20.3. The number of hydrogen-bond acceptors (Lipinski definition) is 2. The van der Waals surface area contributed by atoms with Crippen molar-refractivity contribution in [1.29, 1.82) is 0 Å². The summed E-state index contributed by atoms with van der Waals surface area (Å²) in [5.74, 6) is 0. The van der Waals surface area contributed by atoms with Crippen LogP contribution in [0.5, 0.6) is 0 Å². The van der Waals surface area contributed by atoms with Gasteiger partial charge in [0.15, 0.2) is 0 Å². The van der Waals surface area contributed by atoms with E-state index in [1.165, 1.54) is 41.5 Å². The van der Waals surface area contributed by atoms with E-state index in [0.717, 1.165) is 39.0 Å². The van der Waals surface area contributed by atoms with Crippen LogP contribution in [0.15, 0.2) is 36.4 Å². The van der Waals surface area contributed by atoms with E-state index >= 15 is 0 Å². The highest BCUT2D eigenvalue weighted by Gasteiger charge is 2.30. The Labute approximate surface area is 199 Å². The Morgan fingerprint density at radius 1 is 0.839 bits per heavy atom. The topological polar surface area (TPSA) is 6.48 Å². The van der Waals surface area contributed by atoms with Crippen LogP contribution in [0.3, 0.4) is 0 Å². The smallest absolute Gasteiger partial charge is 0.0595 e. The molecule has 4 heteroatoms. The molecule has 2 atom stereocenters. The van der Waals surface area contributed by atoms with Crippen molar-refractivity contribution >= 4 is 23.2 Å². The lowest BCUT2D eigenvalue weighted by Gasteiger charge is -2.46. The van der Waals surface area contributed by atoms with E-state index in [1.807, 2.05) is 12.1 Å². The molecule has 2 aromatic carbocycles. The lowest BCUT2D eigenvalue weighted by atomic mass is 9.99. The van der Waals surface area contributed by atoms with Crippen LogP contribution in [0, 0.1) is 13.8 Å². The van der Waals surface area contributed by atoms with Crippen molar-refractivity contribution in [3.8, 4) is 0 Å². The van der Waals surface area contributed by atoms with E-state index < -0.39 is 0 Å². The molecule has 1 saturated heterocycles. The monoisotopic (exact) mass is 460 g/mol. The zero-order valence-electron chi connectivity index (χ0n) is 19.6. The third-order valence-electron chi connectivity index (χ3n) is 6.91. The van der Waals surface area contributed by atoms with Crippen LogP contribution in [0.25, 0.3) is 0 Å². The number of hydrogen-bond donors (Lipinski definition) is 0. The molecule has 2 nitrogen and oxygen atoms in total. The molecule has 0 bridgehead atoms. The minimum atomic E-state index is 0.570. The van der Waals surface area contributed by atoms with Gasteiger partial charge in [0, 0.05) is 38.3 Å². The predicted molar refractivity (Wildman–Crippen MR) is 136 cm³/mol. The van der Waals surface area contributed by atoms with Crippen molar-refractivity contribution in [2.45, 2.75) is 71.9 Å². The van der Waals surface area contributed by atoms with E-state index in [2.05, 4.69) is 61.8 Å². The van der Waals surface area contributed by atoms with Gasteiger partial charge in [0.1, 0.15) is 0 Å². The van der Waals surface area contributed by atoms with Crippen LogP contribution in [0.2, 0.25) is 10.0 Å². The summed E-state index contributed by atoms with van der Waals surface area (Å²) in [5, 5.41) is 1.29. The first kappa shape index (κ1) is 24.6. The summed E-state index contributed by atoms with van der Waals surface area (Å²) < 4.78 is 0. The van der Waals surface area contributed by atoms with Gasteiger partial charge in [0.2, 0.25) is 0 Å². The summed E-state index contributed by atoms with van der Waals surface area (Å²) in [6, 6.07) is 14.2. The van der Waals surface area contributed by atoms with Crippen LogP contribution in [0.4, 0.5) is 0 Å². The molecule has 0 spiro atoms. The zero-order chi connectivity index (χ0) is 22.4. The number of piperazine rings is 1. The van der Waals surface area contributed by atoms with Crippen molar-refractivity contribution in [3.05, 3.63) is 68.7 Å². The lowest BCUT2D eigenvalue weighted by Crippen LogP contribution is -2.58. The SMILES string of the molecule is CCCCC1CN(CCc2ccc(Cl)c(Cl)c2)[C@H](C)CN1CCc1ccc(C)c(C)c1. The number of rotatable bonds is 9. The van der Waals surface area contributed by atoms with E-state index in [9.17, 15) is 0 Å². The van der Waals surface area contributed by atoms with Crippen molar-refractivity contribution in [2.75, 3.05) is 26.2 Å². The van der Waals surface area contributed by atoms with Crippen LogP contribution in [-0.2, 0) is 12.8 Å². The van der Waals surface area contributed by atoms with Crippen molar-refractivity contribution in [3.63, 3.8) is 0 Å². The highest BCUT2D eigenvalue weighted by Crippen LogP contribution is 2.24. The fourth-order valence-electron chi connectivity index (χ4n) is 4.67. The van der Waals surface area contributed by atoms with Gasteiger partial charge >= 0.3 is 0 Å². The van der Waals surface area contributed by atoms with Crippen LogP contribution < -0.4 is 0 Å². The molecule has 0 amide bonds. The Bertz CT molecular complexity index is 851. The third kappa shape index (κ3) is 6.96. The van der Waals surface area contributed by atoms with Crippen LogP contribution >= 0.6 is 23.2 Å². The lowest BCUT2D eigenvalue weighted by molar-refractivity contribution is 0.0320. The number of nitrogens with zero attached hydrogens (tertiary/aromatic N) is 2. The molecule has 2 aromatic rings. The summed E-state index contributed by atoms with van der Waals surface area (Å²) in [5.41, 5.74) is 5.52. The first-order chi connectivity index (χ1) is 14.9. The second kappa shape index (κ2) is 11.7. The molecule has 1 fully saturated rings. The molecule has 1 heterocycles. The Morgan fingerprint density at radius 2 is 1.52 bits per heavy atom. The second-order valence-corrected chi connectivity index (χ2v) is 10.1. The largest absolute Gasteiger partial charge is 0.298 e. The van der Waals surface area contributed by atoms with Gasteiger partial charge in [-0.1, -0.05) is 67.2 Å². The molecule has 3 rings (SSSR count). The minimum Gasteiger partial charge on any atom is -0.298 e. The van der Waals surface area contributed by atoms with Gasteiger partial charge in [0.05, 0.1) is 10.0 Å². The number of aryl methyl sites for hydroxylation is 2. The predicted octanol–water partition coefficient (Wildman–Crippen LogP) is 6.96. The Hall–Kier alpha value is -1.06. The first-order valence-electron chi connectivity index (χ1n) is 11.9. The second-order valence-electron chi connectivity index (χ2n) is 9.30. The zero-order valence-corrected chi connectivity index (χ0v) is 21.1. The molecule has 31 heavy (non-hydrogen) atoms. The Balaban J connectivity index is 1.60. The highest BCUT2D eigenvalue weighted by molar-refractivity contribution is 6.42. The summed E-state index contributed by atoms with van der Waals surface area (Å²) >= 11 is 12.3. The van der Waals surface area contributed by atoms with Crippen LogP contribution in [0.1, 0.15) is 55.4 Å². The molecule has 1 aliphatic heterocycles. The number of benzene rings is 2. The highest BCUT2D eigenvalue weighted by atomic mass is 35.5. The number of halogens is 2. The maximum Gasteiger partial charge on any atom is 0.0595 e. The Morgan fingerprint density at radius 3 is 2.19 bits per heavy atom. The van der Waals surface area contributed by atoms with Gasteiger partial charge in [-0.3, -0.25) is 9.80 Å². The molecule has 0 N–H and O–H groups in total. The Kier molecular flexibility index (Phi) is 9.28. The third-order valence-corrected chi connectivity index (χ3v) is 7.64. The molecule has 0 radical (unpaired) electrons. The standard InChI is InChI=1S/C27H38Cl2N2/c1-5-6-7-25-19-30(14-12-24-10-11-26(28)27(29)17-24)22(4)18-31(25)15-13-23-9-8-20(2)21(3)16-23/h8-11,16-17,22,25H,5-7,12-15,18-19H2,1-4H3/t22-,25?/m1/s1. The average Bonchev–Trinajstić information content (AvgIpc) is 2.75. The maximum atomic E-state index is 6.21. The molecule has 1 aliphatic rings. The van der Waals surface area contributed by atoms with E-state index in [1.54, 1.807) is 0 Å². The van der Waals surface area contributed by atoms with Gasteiger partial charge in [-0.15, -0.1) is 0 Å². The van der Waals surface area contributed by atoms with Gasteiger partial charge in [-0.05, 0) is 74.4 Å². The maximum absolute atomic E-state index is 6.21. The fourth-order valence-corrected chi connectivity index (χ4v) is 4.99. The van der Waals surface area contributed by atoms with Gasteiger partial charge < -0.3 is 0 Å². The van der Waals surface area contributed by atoms with Gasteiger partial charge in [-0.25, -0.2) is 0 Å². The van der Waals surface area contributed by atoms with Gasteiger partial charge in [-0.2, -0.15) is 0 Å². The van der Waals surface area contributed by atoms with Crippen LogP contribution in [-0.4, -0.2) is 48.1 Å². The molecule has 0 aliphatic carbocycles. The summed E-state index contributed by atoms with van der Waals surface area (Å²) in [6.45, 7) is 13.6. The van der Waals surface area contributed by atoms with Gasteiger partial charge in [0.25, 0.3) is 0 Å². The first-order valence-corrected chi connectivity index (χ1v) is 12.6. The van der Waals surface area contributed by atoms with E-state index in [-0.39, 0.29) is 0 Å². The molecule has 0 saturated carbocycles. The molecule has 0 aromatic heterocycles. The van der Waals surface area contributed by atoms with Crippen molar-refractivity contribution in [1.82, 2.24) is 9.80 Å². The summed E-state index contributed by atoms with van der Waals surface area (Å²) in [7, 11) is 0. The summed E-state index contributed by atoms with van der Waals surface area (Å²) in [4.78, 5) is 5.43. The fraction of sp³-hybridized carbons (Fsp3) is 0.556. The minimum absolute atomic E-state index is 0.570. The quantitative estimate of drug-likeness (QED) is 0.398. The number of unbranched alkanes of at least 4 members (excludes halogenated alkanes) is 1. The molecular formula is C27H38Cl2N2. The molecule has 170 valence electrons. The van der Waals surface area contributed by atoms with E-state index in [0.29, 0.717) is 22.1 Å². The average molecular weight is 462 g/mol. The van der Waals surface area contributed by atoms with E-state index in [4.69, 9.17) is 23.2 Å².